The molecule has 18 heavy (non-hydrogen) atoms. The van der Waals surface area contributed by atoms with Crippen LogP contribution in [0.15, 0.2) is 22.7 Å². The van der Waals surface area contributed by atoms with Gasteiger partial charge in [0.25, 0.3) is 0 Å². The summed E-state index contributed by atoms with van der Waals surface area (Å²) in [4.78, 5) is 16.0. The molecule has 96 valence electrons. The lowest BCUT2D eigenvalue weighted by atomic mass is 10.3. The molecule has 6 heteroatoms. The summed E-state index contributed by atoms with van der Waals surface area (Å²) in [6.07, 6.45) is 0. The highest BCUT2D eigenvalue weighted by Gasteiger charge is 2.13. The Balaban J connectivity index is 2.43. The van der Waals surface area contributed by atoms with E-state index >= 15 is 0 Å². The van der Waals surface area contributed by atoms with Crippen molar-refractivity contribution in [3.8, 4) is 0 Å². The smallest absolute Gasteiger partial charge is 0.326 e. The van der Waals surface area contributed by atoms with Crippen molar-refractivity contribution in [2.75, 3.05) is 6.61 Å². The molecular weight excluding hydrogens is 320 g/mol. The van der Waals surface area contributed by atoms with Gasteiger partial charge < -0.3 is 9.30 Å². The van der Waals surface area contributed by atoms with E-state index in [0.717, 1.165) is 15.5 Å². The number of aromatic nitrogens is 2. The minimum absolute atomic E-state index is 0.133. The number of hydrogen-bond donors (Lipinski definition) is 0. The lowest BCUT2D eigenvalue weighted by Crippen LogP contribution is -2.15. The summed E-state index contributed by atoms with van der Waals surface area (Å²) >= 11 is 9.25. The summed E-state index contributed by atoms with van der Waals surface area (Å²) in [6.45, 7) is 2.28. The van der Waals surface area contributed by atoms with Crippen molar-refractivity contribution in [1.82, 2.24) is 9.55 Å². The van der Waals surface area contributed by atoms with Crippen LogP contribution in [0.1, 0.15) is 12.7 Å². The molecule has 0 amide bonds. The van der Waals surface area contributed by atoms with Crippen molar-refractivity contribution in [3.63, 3.8) is 0 Å². The molecule has 4 nitrogen and oxygen atoms in total. The topological polar surface area (TPSA) is 44.1 Å². The molecule has 2 rings (SSSR count). The maximum atomic E-state index is 11.6. The van der Waals surface area contributed by atoms with E-state index in [1.54, 1.807) is 11.5 Å². The number of fused-ring (bicyclic) bond motifs is 1. The summed E-state index contributed by atoms with van der Waals surface area (Å²) < 4.78 is 7.67. The van der Waals surface area contributed by atoms with Gasteiger partial charge >= 0.3 is 5.97 Å². The molecule has 0 saturated carbocycles. The quantitative estimate of drug-likeness (QED) is 0.639. The predicted molar refractivity (Wildman–Crippen MR) is 73.6 cm³/mol. The number of carbonyl (C=O) groups excluding carboxylic acids is 1. The third kappa shape index (κ3) is 2.67. The molecule has 0 aliphatic heterocycles. The van der Waals surface area contributed by atoms with Gasteiger partial charge in [-0.25, -0.2) is 4.98 Å². The lowest BCUT2D eigenvalue weighted by Gasteiger charge is -2.06. The summed E-state index contributed by atoms with van der Waals surface area (Å²) in [6, 6.07) is 5.71. The van der Waals surface area contributed by atoms with Gasteiger partial charge in [-0.15, -0.1) is 11.6 Å². The van der Waals surface area contributed by atoms with E-state index in [2.05, 4.69) is 20.9 Å². The van der Waals surface area contributed by atoms with Crippen LogP contribution < -0.4 is 0 Å². The zero-order valence-corrected chi connectivity index (χ0v) is 12.2. The molecule has 0 N–H and O–H groups in total. The molecular formula is C12H12BrClN2O2. The molecule has 0 fully saturated rings. The van der Waals surface area contributed by atoms with Gasteiger partial charge in [0.05, 0.1) is 23.5 Å². The van der Waals surface area contributed by atoms with Crippen molar-refractivity contribution in [1.29, 1.82) is 0 Å². The van der Waals surface area contributed by atoms with Crippen molar-refractivity contribution in [2.24, 2.45) is 0 Å². The number of rotatable bonds is 4. The number of carbonyl (C=O) groups is 1. The Morgan fingerprint density at radius 3 is 3.00 bits per heavy atom. The minimum Gasteiger partial charge on any atom is -0.465 e. The maximum Gasteiger partial charge on any atom is 0.326 e. The number of ether oxygens (including phenoxy) is 1. The average Bonchev–Trinajstić information content (AvgIpc) is 2.66. The number of nitrogens with zero attached hydrogens (tertiary/aromatic N) is 2. The van der Waals surface area contributed by atoms with E-state index in [0.29, 0.717) is 12.4 Å². The molecule has 0 atom stereocenters. The van der Waals surface area contributed by atoms with Gasteiger partial charge in [0.15, 0.2) is 0 Å². The molecule has 0 aliphatic rings. The number of alkyl halides is 1. The second-order valence-corrected chi connectivity index (χ2v) is 4.87. The zero-order chi connectivity index (χ0) is 13.1. The van der Waals surface area contributed by atoms with Crippen molar-refractivity contribution >= 4 is 44.5 Å². The summed E-state index contributed by atoms with van der Waals surface area (Å²) in [5, 5.41) is 0. The van der Waals surface area contributed by atoms with Gasteiger partial charge in [0.1, 0.15) is 12.4 Å². The molecule has 0 aliphatic carbocycles. The van der Waals surface area contributed by atoms with Crippen LogP contribution in [0.25, 0.3) is 11.0 Å². The maximum absolute atomic E-state index is 11.6. The highest BCUT2D eigenvalue weighted by Crippen LogP contribution is 2.21. The fraction of sp³-hybridized carbons (Fsp3) is 0.333. The van der Waals surface area contributed by atoms with E-state index in [-0.39, 0.29) is 18.4 Å². The van der Waals surface area contributed by atoms with Gasteiger partial charge in [0, 0.05) is 4.47 Å². The SMILES string of the molecule is CCOC(=O)Cn1c(CCl)nc2cc(Br)ccc21. The van der Waals surface area contributed by atoms with E-state index < -0.39 is 0 Å². The van der Waals surface area contributed by atoms with Gasteiger partial charge in [-0.2, -0.15) is 0 Å². The summed E-state index contributed by atoms with van der Waals surface area (Å²) in [5.74, 6) is 0.634. The summed E-state index contributed by atoms with van der Waals surface area (Å²) in [7, 11) is 0. The number of benzene rings is 1. The van der Waals surface area contributed by atoms with Crippen LogP contribution in [0.3, 0.4) is 0 Å². The van der Waals surface area contributed by atoms with Crippen LogP contribution >= 0.6 is 27.5 Å². The van der Waals surface area contributed by atoms with Crippen molar-refractivity contribution < 1.29 is 9.53 Å². The average molecular weight is 332 g/mol. The Morgan fingerprint density at radius 2 is 2.33 bits per heavy atom. The Labute approximate surface area is 118 Å². The highest BCUT2D eigenvalue weighted by atomic mass is 79.9. The van der Waals surface area contributed by atoms with Crippen molar-refractivity contribution in [2.45, 2.75) is 19.3 Å². The monoisotopic (exact) mass is 330 g/mol. The van der Waals surface area contributed by atoms with Gasteiger partial charge in [-0.3, -0.25) is 4.79 Å². The Hall–Kier alpha value is -1.07. The molecule has 1 heterocycles. The fourth-order valence-electron chi connectivity index (χ4n) is 1.77. The molecule has 0 bridgehead atoms. The van der Waals surface area contributed by atoms with Crippen LogP contribution in [0, 0.1) is 0 Å². The second-order valence-electron chi connectivity index (χ2n) is 3.69. The standard InChI is InChI=1S/C12H12BrClN2O2/c1-2-18-12(17)7-16-10-4-3-8(13)5-9(10)15-11(16)6-14/h3-5H,2,6-7H2,1H3. The van der Waals surface area contributed by atoms with Crippen molar-refractivity contribution in [3.05, 3.63) is 28.5 Å². The number of imidazole rings is 1. The lowest BCUT2D eigenvalue weighted by molar-refractivity contribution is -0.143. The second kappa shape index (κ2) is 5.71. The number of hydrogen-bond acceptors (Lipinski definition) is 3. The zero-order valence-electron chi connectivity index (χ0n) is 9.82. The van der Waals surface area contributed by atoms with Crippen LogP contribution in [-0.4, -0.2) is 22.1 Å². The van der Waals surface area contributed by atoms with Crippen LogP contribution in [0.5, 0.6) is 0 Å². The first kappa shape index (κ1) is 13.4. The van der Waals surface area contributed by atoms with E-state index in [1.807, 2.05) is 18.2 Å². The molecule has 1 aromatic carbocycles. The minimum atomic E-state index is -0.286. The molecule has 0 radical (unpaired) electrons. The van der Waals surface area contributed by atoms with Gasteiger partial charge in [0.2, 0.25) is 0 Å². The molecule has 2 aromatic rings. The summed E-state index contributed by atoms with van der Waals surface area (Å²) in [5.41, 5.74) is 1.69. The van der Waals surface area contributed by atoms with E-state index in [4.69, 9.17) is 16.3 Å². The normalized spacial score (nSPS) is 10.8. The number of halogens is 2. The Kier molecular flexibility index (Phi) is 4.24. The van der Waals surface area contributed by atoms with E-state index in [1.165, 1.54) is 0 Å². The van der Waals surface area contributed by atoms with Crippen LogP contribution in [0.2, 0.25) is 0 Å². The Bertz CT molecular complexity index is 583. The largest absolute Gasteiger partial charge is 0.465 e. The van der Waals surface area contributed by atoms with Gasteiger partial charge in [-0.1, -0.05) is 15.9 Å². The van der Waals surface area contributed by atoms with Gasteiger partial charge in [-0.05, 0) is 25.1 Å². The molecule has 0 unspecified atom stereocenters. The predicted octanol–water partition coefficient (Wildman–Crippen LogP) is 3.10. The molecule has 0 spiro atoms. The highest BCUT2D eigenvalue weighted by molar-refractivity contribution is 9.10. The first-order valence-corrected chi connectivity index (χ1v) is 6.84. The molecule has 1 aromatic heterocycles. The van der Waals surface area contributed by atoms with Crippen LogP contribution in [0.4, 0.5) is 0 Å². The first-order valence-electron chi connectivity index (χ1n) is 5.52. The third-order valence-corrected chi connectivity index (χ3v) is 3.23. The molecule has 0 saturated heterocycles. The fourth-order valence-corrected chi connectivity index (χ4v) is 2.32. The first-order chi connectivity index (χ1) is 8.65. The Morgan fingerprint density at radius 1 is 1.56 bits per heavy atom. The third-order valence-electron chi connectivity index (χ3n) is 2.50. The van der Waals surface area contributed by atoms with Crippen LogP contribution in [-0.2, 0) is 22.0 Å². The number of esters is 1. The van der Waals surface area contributed by atoms with E-state index in [9.17, 15) is 4.79 Å².